The quantitative estimate of drug-likeness (QED) is 0.483. The molecule has 2 atom stereocenters. The van der Waals surface area contributed by atoms with Crippen LogP contribution in [0.25, 0.3) is 10.9 Å². The smallest absolute Gasteiger partial charge is 0.266 e. The summed E-state index contributed by atoms with van der Waals surface area (Å²) in [5, 5.41) is 10.2. The van der Waals surface area contributed by atoms with Gasteiger partial charge in [0, 0.05) is 43.7 Å². The van der Waals surface area contributed by atoms with Gasteiger partial charge >= 0.3 is 0 Å². The average molecular weight is 551 g/mol. The first-order valence-electron chi connectivity index (χ1n) is 13.4. The molecule has 1 saturated carbocycles. The summed E-state index contributed by atoms with van der Waals surface area (Å²) < 4.78 is 49.6. The van der Waals surface area contributed by atoms with E-state index in [2.05, 4.69) is 16.0 Å². The summed E-state index contributed by atoms with van der Waals surface area (Å²) in [6.07, 6.45) is -1.69. The molecule has 1 saturated heterocycles. The van der Waals surface area contributed by atoms with Crippen LogP contribution >= 0.6 is 0 Å². The Morgan fingerprint density at radius 1 is 1.25 bits per heavy atom. The molecule has 3 heterocycles. The molecule has 8 nitrogen and oxygen atoms in total. The van der Waals surface area contributed by atoms with E-state index in [4.69, 9.17) is 9.73 Å². The summed E-state index contributed by atoms with van der Waals surface area (Å²) in [6.45, 7) is 5.45. The molecule has 0 bridgehead atoms. The Morgan fingerprint density at radius 3 is 2.70 bits per heavy atom. The normalized spacial score (nSPS) is 20.6. The van der Waals surface area contributed by atoms with Crippen LogP contribution in [0.4, 0.5) is 18.9 Å². The Hall–Kier alpha value is -4.07. The van der Waals surface area contributed by atoms with Gasteiger partial charge < -0.3 is 19.1 Å². The highest BCUT2D eigenvalue weighted by atomic mass is 19.3. The van der Waals surface area contributed by atoms with E-state index < -0.39 is 29.3 Å². The van der Waals surface area contributed by atoms with Gasteiger partial charge in [0.05, 0.1) is 34.9 Å². The van der Waals surface area contributed by atoms with Gasteiger partial charge in [0.25, 0.3) is 6.43 Å². The first kappa shape index (κ1) is 26.2. The number of piperazine rings is 1. The van der Waals surface area contributed by atoms with Gasteiger partial charge in [0.2, 0.25) is 5.91 Å². The molecule has 2 fully saturated rings. The van der Waals surface area contributed by atoms with Crippen LogP contribution in [-0.2, 0) is 11.8 Å². The summed E-state index contributed by atoms with van der Waals surface area (Å²) in [5.41, 5.74) is 0.611. The Kier molecular flexibility index (Phi) is 6.24. The van der Waals surface area contributed by atoms with E-state index in [9.17, 15) is 23.2 Å². The molecule has 2 aliphatic heterocycles. The number of carbonyl (C=O) groups is 1. The first-order chi connectivity index (χ1) is 19.1. The fourth-order valence-corrected chi connectivity index (χ4v) is 5.71. The van der Waals surface area contributed by atoms with Crippen LogP contribution in [0.2, 0.25) is 0 Å². The van der Waals surface area contributed by atoms with Crippen molar-refractivity contribution < 1.29 is 22.7 Å². The Bertz CT molecular complexity index is 1640. The lowest BCUT2D eigenvalue weighted by molar-refractivity contribution is -0.136. The maximum absolute atomic E-state index is 14.9. The summed E-state index contributed by atoms with van der Waals surface area (Å²) >= 11 is 0. The molecule has 11 heteroatoms. The van der Waals surface area contributed by atoms with Crippen LogP contribution in [0, 0.1) is 29.5 Å². The maximum atomic E-state index is 14.9. The number of hydrogen-bond donors (Lipinski definition) is 0. The van der Waals surface area contributed by atoms with Crippen molar-refractivity contribution in [2.45, 2.75) is 45.2 Å². The molecule has 40 heavy (non-hydrogen) atoms. The van der Waals surface area contributed by atoms with Crippen molar-refractivity contribution in [1.29, 1.82) is 5.26 Å². The monoisotopic (exact) mass is 550 g/mol. The molecule has 1 aliphatic carbocycles. The van der Waals surface area contributed by atoms with Gasteiger partial charge in [-0.15, -0.1) is 0 Å². The predicted octanol–water partition coefficient (Wildman–Crippen LogP) is 4.33. The van der Waals surface area contributed by atoms with Gasteiger partial charge in [-0.2, -0.15) is 5.26 Å². The SMILES string of the molecule is Cc1n/c(=N\[C@H](C)c2cccc(C(F)F)c2F)c2cc3c(cc2n1C)OC[C@H]1CN(C(=O)C2(C#N)CC2)CCN31. The molecular weight excluding hydrogens is 521 g/mol. The minimum Gasteiger partial charge on any atom is -0.489 e. The molecule has 2 aromatic carbocycles. The Morgan fingerprint density at radius 2 is 2.00 bits per heavy atom. The Balaban J connectivity index is 1.39. The van der Waals surface area contributed by atoms with E-state index in [0.717, 1.165) is 17.3 Å². The third-order valence-electron chi connectivity index (χ3n) is 8.38. The minimum atomic E-state index is -2.92. The topological polar surface area (TPSA) is 86.7 Å². The van der Waals surface area contributed by atoms with Crippen molar-refractivity contribution in [1.82, 2.24) is 14.5 Å². The highest BCUT2D eigenvalue weighted by molar-refractivity contribution is 5.89. The van der Waals surface area contributed by atoms with E-state index >= 15 is 0 Å². The summed E-state index contributed by atoms with van der Waals surface area (Å²) in [4.78, 5) is 26.3. The number of amides is 1. The average Bonchev–Trinajstić information content (AvgIpc) is 3.75. The zero-order valence-electron chi connectivity index (χ0n) is 22.5. The van der Waals surface area contributed by atoms with E-state index in [1.165, 1.54) is 12.1 Å². The minimum absolute atomic E-state index is 0.0743. The number of aryl methyl sites for hydroxylation is 2. The van der Waals surface area contributed by atoms with Crippen molar-refractivity contribution in [3.8, 4) is 11.8 Å². The third kappa shape index (κ3) is 4.17. The number of hydrogen-bond acceptors (Lipinski definition) is 6. The second-order valence-electron chi connectivity index (χ2n) is 10.8. The largest absolute Gasteiger partial charge is 0.489 e. The van der Waals surface area contributed by atoms with Crippen molar-refractivity contribution in [2.75, 3.05) is 31.1 Å². The van der Waals surface area contributed by atoms with Crippen LogP contribution < -0.4 is 15.1 Å². The molecule has 0 unspecified atom stereocenters. The van der Waals surface area contributed by atoms with Gasteiger partial charge in [-0.25, -0.2) is 18.2 Å². The van der Waals surface area contributed by atoms with Crippen LogP contribution in [0.1, 0.15) is 49.2 Å². The molecule has 6 rings (SSSR count). The highest BCUT2D eigenvalue weighted by Crippen LogP contribution is 2.47. The van der Waals surface area contributed by atoms with Crippen molar-refractivity contribution >= 4 is 22.5 Å². The zero-order valence-corrected chi connectivity index (χ0v) is 22.5. The Labute approximate surface area is 229 Å². The molecule has 208 valence electrons. The van der Waals surface area contributed by atoms with Crippen LogP contribution in [0.5, 0.6) is 5.75 Å². The summed E-state index contributed by atoms with van der Waals surface area (Å²) in [5.74, 6) is 0.327. The third-order valence-corrected chi connectivity index (χ3v) is 8.38. The van der Waals surface area contributed by atoms with Gasteiger partial charge in [-0.3, -0.25) is 9.79 Å². The van der Waals surface area contributed by atoms with Crippen LogP contribution in [0.3, 0.4) is 0 Å². The first-order valence-corrected chi connectivity index (χ1v) is 13.4. The van der Waals surface area contributed by atoms with Crippen molar-refractivity contribution in [3.05, 3.63) is 58.6 Å². The molecule has 0 radical (unpaired) electrons. The van der Waals surface area contributed by atoms with Crippen LogP contribution in [0.15, 0.2) is 35.3 Å². The van der Waals surface area contributed by atoms with E-state index in [-0.39, 0.29) is 17.5 Å². The summed E-state index contributed by atoms with van der Waals surface area (Å²) in [6, 6.07) is 9.21. The number of benzene rings is 2. The highest BCUT2D eigenvalue weighted by Gasteiger charge is 2.53. The maximum Gasteiger partial charge on any atom is 0.266 e. The number of halogens is 3. The number of fused-ring (bicyclic) bond motifs is 4. The van der Waals surface area contributed by atoms with Crippen molar-refractivity contribution in [2.24, 2.45) is 17.5 Å². The molecule has 3 aliphatic rings. The molecular formula is C29H29F3N6O2. The number of alkyl halides is 2. The lowest BCUT2D eigenvalue weighted by Gasteiger charge is -2.46. The molecule has 1 aromatic heterocycles. The number of rotatable bonds is 4. The van der Waals surface area contributed by atoms with Gasteiger partial charge in [0.1, 0.15) is 29.4 Å². The number of aromatic nitrogens is 2. The lowest BCUT2D eigenvalue weighted by atomic mass is 10.0. The lowest BCUT2D eigenvalue weighted by Crippen LogP contribution is -2.59. The number of nitriles is 1. The van der Waals surface area contributed by atoms with E-state index in [0.29, 0.717) is 61.5 Å². The van der Waals surface area contributed by atoms with E-state index in [1.807, 2.05) is 30.7 Å². The van der Waals surface area contributed by atoms with E-state index in [1.54, 1.807) is 11.8 Å². The standard InChI is InChI=1S/C29H29F3N6O2/c1-16(19-5-4-6-20(25(19)30)26(31)32)34-27-21-11-23-24(12-22(21)36(3)17(2)35-27)40-14-18-13-37(9-10-38(18)23)28(39)29(15-33)7-8-29/h4-6,11-12,16,18,26H,7-10,13-14H2,1-3H3/b34-27-/t16-,18-/m1/s1. The predicted molar refractivity (Wildman–Crippen MR) is 141 cm³/mol. The summed E-state index contributed by atoms with van der Waals surface area (Å²) in [7, 11) is 1.88. The molecule has 0 N–H and O–H groups in total. The molecule has 3 aromatic rings. The number of ether oxygens (including phenoxy) is 1. The fourth-order valence-electron chi connectivity index (χ4n) is 5.71. The van der Waals surface area contributed by atoms with Gasteiger partial charge in [-0.05, 0) is 32.8 Å². The van der Waals surface area contributed by atoms with Crippen molar-refractivity contribution in [3.63, 3.8) is 0 Å². The zero-order chi connectivity index (χ0) is 28.3. The molecule has 1 amide bonds. The second kappa shape index (κ2) is 9.54. The number of nitrogens with zero attached hydrogens (tertiary/aromatic N) is 6. The molecule has 0 spiro atoms. The number of carbonyl (C=O) groups excluding carboxylic acids is 1. The van der Waals surface area contributed by atoms with Crippen LogP contribution in [-0.4, -0.2) is 52.6 Å². The number of anilines is 1. The second-order valence-corrected chi connectivity index (χ2v) is 10.8. The fraction of sp³-hybridized carbons (Fsp3) is 0.448. The van der Waals surface area contributed by atoms with Gasteiger partial charge in [0.15, 0.2) is 5.49 Å². The van der Waals surface area contributed by atoms with Gasteiger partial charge in [-0.1, -0.05) is 18.2 Å².